The van der Waals surface area contributed by atoms with Gasteiger partial charge >= 0.3 is 0 Å². The van der Waals surface area contributed by atoms with Crippen LogP contribution in [-0.4, -0.2) is 39.1 Å². The highest BCUT2D eigenvalue weighted by atomic mass is 79.9. The number of methoxy groups -OCH3 is 1. The van der Waals surface area contributed by atoms with E-state index in [9.17, 15) is 23.3 Å². The number of ether oxygens (including phenoxy) is 1. The zero-order valence-electron chi connectivity index (χ0n) is 21.3. The minimum Gasteiger partial charge on any atom is -0.496 e. The predicted molar refractivity (Wildman–Crippen MR) is 153 cm³/mol. The van der Waals surface area contributed by atoms with Crippen molar-refractivity contribution in [3.63, 3.8) is 0 Å². The zero-order valence-corrected chi connectivity index (χ0v) is 23.7. The van der Waals surface area contributed by atoms with Crippen molar-refractivity contribution >= 4 is 49.4 Å². The Morgan fingerprint density at radius 1 is 1.10 bits per heavy atom. The normalized spacial score (nSPS) is 11.4. The minimum absolute atomic E-state index is 0.0357. The number of halogens is 1. The maximum atomic E-state index is 13.6. The third-order valence-electron chi connectivity index (χ3n) is 5.69. The van der Waals surface area contributed by atoms with Crippen molar-refractivity contribution in [1.29, 1.82) is 0 Å². The molecule has 0 unspecified atom stereocenters. The summed E-state index contributed by atoms with van der Waals surface area (Å²) >= 11 is 3.31. The van der Waals surface area contributed by atoms with Crippen LogP contribution >= 0.6 is 15.9 Å². The van der Waals surface area contributed by atoms with Crippen LogP contribution in [0.2, 0.25) is 0 Å². The van der Waals surface area contributed by atoms with Crippen LogP contribution in [0.1, 0.15) is 11.3 Å². The number of hydrazone groups is 1. The van der Waals surface area contributed by atoms with E-state index >= 15 is 0 Å². The Balaban J connectivity index is 1.50. The number of benzene rings is 3. The molecule has 0 aliphatic rings. The largest absolute Gasteiger partial charge is 0.496 e. The Bertz CT molecular complexity index is 1670. The van der Waals surface area contributed by atoms with E-state index in [0.29, 0.717) is 33.0 Å². The number of amides is 1. The van der Waals surface area contributed by atoms with Gasteiger partial charge in [-0.05, 0) is 77.5 Å². The molecule has 4 aromatic rings. The van der Waals surface area contributed by atoms with Crippen molar-refractivity contribution in [2.24, 2.45) is 5.10 Å². The molecule has 0 atom stereocenters. The monoisotopic (exact) mass is 626 g/mol. The number of anilines is 1. The molecule has 0 saturated carbocycles. The first-order valence-corrected chi connectivity index (χ1v) is 13.9. The quantitative estimate of drug-likeness (QED) is 0.143. The standard InChI is InChI=1S/C27H23BrN4O7S/c1-18-3-7-20(8-4-18)31(40(36,37)23-12-14-26(38-2)24(28)15-23)17-27(33)30-29-16-22-11-13-25(39-22)19-5-9-21(10-6-19)32(34)35/h3-16H,17H2,1-2H3,(H,30,33). The number of sulfonamides is 1. The van der Waals surface area contributed by atoms with Gasteiger partial charge in [0.25, 0.3) is 21.6 Å². The van der Waals surface area contributed by atoms with Gasteiger partial charge in [-0.15, -0.1) is 0 Å². The maximum Gasteiger partial charge on any atom is 0.269 e. The second-order valence-electron chi connectivity index (χ2n) is 8.44. The number of nitro groups is 1. The molecule has 1 aromatic heterocycles. The molecule has 0 saturated heterocycles. The fraction of sp³-hybridized carbons (Fsp3) is 0.111. The molecule has 11 nitrogen and oxygen atoms in total. The van der Waals surface area contributed by atoms with E-state index in [0.717, 1.165) is 9.87 Å². The van der Waals surface area contributed by atoms with Gasteiger partial charge in [-0.25, -0.2) is 13.8 Å². The fourth-order valence-corrected chi connectivity index (χ4v) is 5.76. The summed E-state index contributed by atoms with van der Waals surface area (Å²) < 4.78 is 39.5. The summed E-state index contributed by atoms with van der Waals surface area (Å²) in [5.41, 5.74) is 4.13. The molecule has 206 valence electrons. The minimum atomic E-state index is -4.15. The lowest BCUT2D eigenvalue weighted by molar-refractivity contribution is -0.384. The molecule has 3 aromatic carbocycles. The number of carbonyl (C=O) groups is 1. The summed E-state index contributed by atoms with van der Waals surface area (Å²) in [5.74, 6) is 0.530. The Kier molecular flexibility index (Phi) is 8.65. The number of hydrogen-bond acceptors (Lipinski definition) is 8. The van der Waals surface area contributed by atoms with Gasteiger partial charge in [-0.1, -0.05) is 17.7 Å². The number of hydrogen-bond donors (Lipinski definition) is 1. The Morgan fingerprint density at radius 3 is 2.42 bits per heavy atom. The summed E-state index contributed by atoms with van der Waals surface area (Å²) in [6.07, 6.45) is 1.26. The molecule has 0 bridgehead atoms. The van der Waals surface area contributed by atoms with Crippen LogP contribution in [0.25, 0.3) is 11.3 Å². The third-order valence-corrected chi connectivity index (χ3v) is 8.08. The second-order valence-corrected chi connectivity index (χ2v) is 11.2. The van der Waals surface area contributed by atoms with Crippen LogP contribution in [0.5, 0.6) is 5.75 Å². The van der Waals surface area contributed by atoms with E-state index in [4.69, 9.17) is 9.15 Å². The number of nitro benzene ring substituents is 1. The molecule has 0 radical (unpaired) electrons. The van der Waals surface area contributed by atoms with Gasteiger partial charge in [-0.2, -0.15) is 5.10 Å². The fourth-order valence-electron chi connectivity index (χ4n) is 3.62. The number of aryl methyl sites for hydroxylation is 1. The lowest BCUT2D eigenvalue weighted by atomic mass is 10.1. The maximum absolute atomic E-state index is 13.6. The molecule has 1 N–H and O–H groups in total. The number of non-ortho nitro benzene ring substituents is 1. The van der Waals surface area contributed by atoms with Crippen molar-refractivity contribution in [2.45, 2.75) is 11.8 Å². The molecular weight excluding hydrogens is 604 g/mol. The van der Waals surface area contributed by atoms with E-state index in [2.05, 4.69) is 26.5 Å². The molecule has 0 aliphatic carbocycles. The molecular formula is C27H23BrN4O7S. The molecule has 0 aliphatic heterocycles. The zero-order chi connectivity index (χ0) is 28.9. The molecule has 4 rings (SSSR count). The predicted octanol–water partition coefficient (Wildman–Crippen LogP) is 5.28. The van der Waals surface area contributed by atoms with Gasteiger partial charge in [0.15, 0.2) is 0 Å². The highest BCUT2D eigenvalue weighted by molar-refractivity contribution is 9.10. The van der Waals surface area contributed by atoms with Crippen molar-refractivity contribution in [1.82, 2.24) is 5.43 Å². The number of rotatable bonds is 10. The van der Waals surface area contributed by atoms with Crippen LogP contribution in [0.3, 0.4) is 0 Å². The average molecular weight is 627 g/mol. The molecule has 13 heteroatoms. The van der Waals surface area contributed by atoms with Gasteiger partial charge in [0.05, 0.1) is 33.3 Å². The second kappa shape index (κ2) is 12.1. The molecule has 40 heavy (non-hydrogen) atoms. The van der Waals surface area contributed by atoms with E-state index in [1.165, 1.54) is 43.7 Å². The number of nitrogens with zero attached hydrogens (tertiary/aromatic N) is 3. The lowest BCUT2D eigenvalue weighted by Gasteiger charge is -2.24. The van der Waals surface area contributed by atoms with Gasteiger partial charge in [0.1, 0.15) is 23.8 Å². The Hall–Kier alpha value is -4.49. The molecule has 0 fully saturated rings. The SMILES string of the molecule is COc1ccc(S(=O)(=O)N(CC(=O)NN=Cc2ccc(-c3ccc([N+](=O)[O-])cc3)o2)c2ccc(C)cc2)cc1Br. The van der Waals surface area contributed by atoms with Gasteiger partial charge in [-0.3, -0.25) is 19.2 Å². The summed E-state index contributed by atoms with van der Waals surface area (Å²) in [6.45, 7) is 1.32. The average Bonchev–Trinajstić information content (AvgIpc) is 3.41. The Morgan fingerprint density at radius 2 is 1.80 bits per heavy atom. The van der Waals surface area contributed by atoms with Crippen molar-refractivity contribution < 1.29 is 27.3 Å². The van der Waals surface area contributed by atoms with Gasteiger partial charge < -0.3 is 9.15 Å². The molecule has 0 spiro atoms. The first kappa shape index (κ1) is 28.5. The lowest BCUT2D eigenvalue weighted by Crippen LogP contribution is -2.39. The topological polar surface area (TPSA) is 144 Å². The third kappa shape index (κ3) is 6.55. The van der Waals surface area contributed by atoms with Crippen LogP contribution in [-0.2, 0) is 14.8 Å². The molecule has 1 heterocycles. The van der Waals surface area contributed by atoms with E-state index in [-0.39, 0.29) is 10.6 Å². The highest BCUT2D eigenvalue weighted by Gasteiger charge is 2.28. The van der Waals surface area contributed by atoms with E-state index in [1.807, 2.05) is 6.92 Å². The van der Waals surface area contributed by atoms with Gasteiger partial charge in [0.2, 0.25) is 0 Å². The Labute approximate surface area is 238 Å². The van der Waals surface area contributed by atoms with Crippen LogP contribution in [0.15, 0.2) is 97.7 Å². The number of furan rings is 1. The smallest absolute Gasteiger partial charge is 0.269 e. The highest BCUT2D eigenvalue weighted by Crippen LogP contribution is 2.31. The van der Waals surface area contributed by atoms with Crippen molar-refractivity contribution in [3.05, 3.63) is 105 Å². The van der Waals surface area contributed by atoms with Crippen molar-refractivity contribution in [3.8, 4) is 17.1 Å². The van der Waals surface area contributed by atoms with E-state index in [1.54, 1.807) is 48.5 Å². The number of carbonyl (C=O) groups excluding carboxylic acids is 1. The number of nitrogens with one attached hydrogen (secondary N) is 1. The van der Waals surface area contributed by atoms with Crippen molar-refractivity contribution in [2.75, 3.05) is 18.0 Å². The van der Waals surface area contributed by atoms with Crippen LogP contribution < -0.4 is 14.5 Å². The first-order chi connectivity index (χ1) is 19.1. The summed E-state index contributed by atoms with van der Waals surface area (Å²) in [4.78, 5) is 23.1. The summed E-state index contributed by atoms with van der Waals surface area (Å²) in [7, 11) is -2.68. The van der Waals surface area contributed by atoms with E-state index < -0.39 is 27.4 Å². The first-order valence-electron chi connectivity index (χ1n) is 11.7. The summed E-state index contributed by atoms with van der Waals surface area (Å²) in [5, 5.41) is 14.7. The van der Waals surface area contributed by atoms with Crippen LogP contribution in [0, 0.1) is 17.0 Å². The summed E-state index contributed by atoms with van der Waals surface area (Å²) in [6, 6.07) is 20.2. The van der Waals surface area contributed by atoms with Gasteiger partial charge in [0, 0.05) is 17.7 Å². The molecule has 1 amide bonds. The van der Waals surface area contributed by atoms with Crippen LogP contribution in [0.4, 0.5) is 11.4 Å².